The molecule has 0 saturated carbocycles. The molecule has 0 aliphatic heterocycles. The van der Waals surface area contributed by atoms with Crippen LogP contribution in [-0.2, 0) is 17.6 Å². The number of aromatic nitrogens is 4. The second kappa shape index (κ2) is 6.78. The van der Waals surface area contributed by atoms with Crippen molar-refractivity contribution in [2.45, 2.75) is 40.0 Å². The number of nitrogens with one attached hydrogen (secondary N) is 1. The predicted octanol–water partition coefficient (Wildman–Crippen LogP) is 2.87. The maximum atomic E-state index is 12.2. The summed E-state index contributed by atoms with van der Waals surface area (Å²) in [6.45, 7) is 6.05. The van der Waals surface area contributed by atoms with Crippen molar-refractivity contribution in [1.29, 1.82) is 0 Å². The third kappa shape index (κ3) is 3.27. The first-order valence-corrected chi connectivity index (χ1v) is 8.13. The number of hydrogen-bond donors (Lipinski definition) is 1. The molecule has 0 fully saturated rings. The fraction of sp³-hybridized carbons (Fsp3) is 0.333. The lowest BCUT2D eigenvalue weighted by atomic mass is 10.0. The van der Waals surface area contributed by atoms with Gasteiger partial charge in [-0.2, -0.15) is 5.10 Å². The van der Waals surface area contributed by atoms with E-state index in [9.17, 15) is 4.79 Å². The van der Waals surface area contributed by atoms with Crippen LogP contribution in [0.1, 0.15) is 35.7 Å². The van der Waals surface area contributed by atoms with Gasteiger partial charge < -0.3 is 5.32 Å². The van der Waals surface area contributed by atoms with Gasteiger partial charge in [-0.05, 0) is 49.9 Å². The van der Waals surface area contributed by atoms with E-state index >= 15 is 0 Å². The molecule has 1 N–H and O–H groups in total. The Bertz CT molecular complexity index is 867. The van der Waals surface area contributed by atoms with Crippen LogP contribution in [0.2, 0.25) is 0 Å². The molecule has 0 aliphatic rings. The molecule has 24 heavy (non-hydrogen) atoms. The van der Waals surface area contributed by atoms with Crippen LogP contribution in [0.5, 0.6) is 0 Å². The van der Waals surface area contributed by atoms with E-state index in [0.717, 1.165) is 34.6 Å². The summed E-state index contributed by atoms with van der Waals surface area (Å²) < 4.78 is 1.67. The van der Waals surface area contributed by atoms with Crippen LogP contribution >= 0.6 is 0 Å². The fourth-order valence-electron chi connectivity index (χ4n) is 2.83. The van der Waals surface area contributed by atoms with Crippen molar-refractivity contribution in [3.05, 3.63) is 53.0 Å². The molecule has 2 heterocycles. The summed E-state index contributed by atoms with van der Waals surface area (Å²) in [6.07, 6.45) is 3.62. The van der Waals surface area contributed by atoms with Crippen molar-refractivity contribution in [3.8, 4) is 0 Å². The average molecular weight is 323 g/mol. The third-order valence-corrected chi connectivity index (χ3v) is 4.26. The molecule has 0 bridgehead atoms. The molecule has 6 heteroatoms. The van der Waals surface area contributed by atoms with Crippen LogP contribution in [0.3, 0.4) is 0 Å². The Balaban J connectivity index is 1.67. The van der Waals surface area contributed by atoms with Gasteiger partial charge in [0.1, 0.15) is 6.33 Å². The lowest BCUT2D eigenvalue weighted by Crippen LogP contribution is -2.14. The number of carbonyl (C=O) groups is 1. The smallest absolute Gasteiger partial charge is 0.224 e. The maximum Gasteiger partial charge on any atom is 0.224 e. The molecule has 0 aliphatic carbocycles. The van der Waals surface area contributed by atoms with Crippen LogP contribution in [-0.4, -0.2) is 25.7 Å². The van der Waals surface area contributed by atoms with E-state index in [1.54, 1.807) is 10.8 Å². The van der Waals surface area contributed by atoms with E-state index in [2.05, 4.69) is 27.5 Å². The molecular formula is C18H21N5O. The Morgan fingerprint density at radius 2 is 1.96 bits per heavy atom. The molecule has 3 aromatic rings. The lowest BCUT2D eigenvalue weighted by Gasteiger charge is -2.10. The lowest BCUT2D eigenvalue weighted by molar-refractivity contribution is -0.116. The van der Waals surface area contributed by atoms with E-state index in [0.29, 0.717) is 12.8 Å². The minimum absolute atomic E-state index is 0.000566. The van der Waals surface area contributed by atoms with Gasteiger partial charge >= 0.3 is 0 Å². The monoisotopic (exact) mass is 323 g/mol. The van der Waals surface area contributed by atoms with Gasteiger partial charge in [0.2, 0.25) is 5.91 Å². The van der Waals surface area contributed by atoms with Crippen molar-refractivity contribution in [3.63, 3.8) is 0 Å². The maximum absolute atomic E-state index is 12.2. The highest BCUT2D eigenvalue weighted by Gasteiger charge is 2.12. The summed E-state index contributed by atoms with van der Waals surface area (Å²) in [6, 6.07) is 7.95. The van der Waals surface area contributed by atoms with Gasteiger partial charge in [-0.1, -0.05) is 19.1 Å². The SMILES string of the molecule is CCc1ccc(NC(=O)CCc2c(C)nn3cnnc3c2C)cc1. The molecule has 2 aromatic heterocycles. The van der Waals surface area contributed by atoms with Crippen LogP contribution < -0.4 is 5.32 Å². The second-order valence-corrected chi connectivity index (χ2v) is 5.89. The Hall–Kier alpha value is -2.76. The minimum Gasteiger partial charge on any atom is -0.326 e. The molecule has 0 radical (unpaired) electrons. The zero-order chi connectivity index (χ0) is 17.1. The zero-order valence-corrected chi connectivity index (χ0v) is 14.2. The summed E-state index contributed by atoms with van der Waals surface area (Å²) in [5, 5.41) is 15.3. The topological polar surface area (TPSA) is 72.2 Å². The predicted molar refractivity (Wildman–Crippen MR) is 93.0 cm³/mol. The van der Waals surface area contributed by atoms with Gasteiger partial charge in [0.15, 0.2) is 5.65 Å². The van der Waals surface area contributed by atoms with Crippen LogP contribution in [0.25, 0.3) is 5.65 Å². The van der Waals surface area contributed by atoms with E-state index in [-0.39, 0.29) is 5.91 Å². The number of amides is 1. The first kappa shape index (κ1) is 16.1. The van der Waals surface area contributed by atoms with Crippen molar-refractivity contribution < 1.29 is 4.79 Å². The van der Waals surface area contributed by atoms with E-state index in [4.69, 9.17) is 0 Å². The summed E-state index contributed by atoms with van der Waals surface area (Å²) in [5.74, 6) is -0.000566. The highest BCUT2D eigenvalue weighted by molar-refractivity contribution is 5.90. The zero-order valence-electron chi connectivity index (χ0n) is 14.2. The van der Waals surface area contributed by atoms with Crippen molar-refractivity contribution in [2.24, 2.45) is 0 Å². The highest BCUT2D eigenvalue weighted by Crippen LogP contribution is 2.18. The van der Waals surface area contributed by atoms with Crippen LogP contribution in [0, 0.1) is 13.8 Å². The molecule has 1 amide bonds. The van der Waals surface area contributed by atoms with Crippen LogP contribution in [0.4, 0.5) is 5.69 Å². The first-order chi connectivity index (χ1) is 11.6. The third-order valence-electron chi connectivity index (χ3n) is 4.26. The number of benzene rings is 1. The summed E-state index contributed by atoms with van der Waals surface area (Å²) in [4.78, 5) is 12.2. The number of fused-ring (bicyclic) bond motifs is 1. The van der Waals surface area contributed by atoms with Crippen molar-refractivity contribution in [1.82, 2.24) is 19.8 Å². The fourth-order valence-corrected chi connectivity index (χ4v) is 2.83. The van der Waals surface area contributed by atoms with E-state index in [1.165, 1.54) is 5.56 Å². The molecule has 0 unspecified atom stereocenters. The highest BCUT2D eigenvalue weighted by atomic mass is 16.1. The number of hydrogen-bond acceptors (Lipinski definition) is 4. The Labute approximate surface area is 140 Å². The first-order valence-electron chi connectivity index (χ1n) is 8.13. The van der Waals surface area contributed by atoms with Gasteiger partial charge in [0.05, 0.1) is 5.69 Å². The number of rotatable bonds is 5. The van der Waals surface area contributed by atoms with E-state index in [1.807, 2.05) is 38.1 Å². The molecule has 3 rings (SSSR count). The van der Waals surface area contributed by atoms with Crippen LogP contribution in [0.15, 0.2) is 30.6 Å². The van der Waals surface area contributed by atoms with Gasteiger partial charge in [-0.15, -0.1) is 10.2 Å². The van der Waals surface area contributed by atoms with Gasteiger partial charge in [0.25, 0.3) is 0 Å². The Morgan fingerprint density at radius 1 is 1.21 bits per heavy atom. The molecule has 6 nitrogen and oxygen atoms in total. The Kier molecular flexibility index (Phi) is 4.55. The van der Waals surface area contributed by atoms with Gasteiger partial charge in [-0.3, -0.25) is 4.79 Å². The number of carbonyl (C=O) groups excluding carboxylic acids is 1. The quantitative estimate of drug-likeness (QED) is 0.783. The molecule has 0 saturated heterocycles. The molecule has 1 aromatic carbocycles. The molecular weight excluding hydrogens is 302 g/mol. The second-order valence-electron chi connectivity index (χ2n) is 5.89. The van der Waals surface area contributed by atoms with E-state index < -0.39 is 0 Å². The Morgan fingerprint density at radius 3 is 2.67 bits per heavy atom. The minimum atomic E-state index is -0.000566. The summed E-state index contributed by atoms with van der Waals surface area (Å²) in [5.41, 5.74) is 5.82. The number of nitrogens with zero attached hydrogens (tertiary/aromatic N) is 4. The largest absolute Gasteiger partial charge is 0.326 e. The van der Waals surface area contributed by atoms with Gasteiger partial charge in [0, 0.05) is 17.7 Å². The standard InChI is InChI=1S/C18H21N5O/c1-4-14-5-7-15(8-6-14)20-17(24)10-9-16-12(2)18-21-19-11-23(18)22-13(16)3/h5-8,11H,4,9-10H2,1-3H3,(H,20,24). The normalized spacial score (nSPS) is 11.0. The molecule has 0 atom stereocenters. The summed E-state index contributed by atoms with van der Waals surface area (Å²) >= 11 is 0. The molecule has 124 valence electrons. The summed E-state index contributed by atoms with van der Waals surface area (Å²) in [7, 11) is 0. The van der Waals surface area contributed by atoms with Crippen molar-refractivity contribution in [2.75, 3.05) is 5.32 Å². The number of anilines is 1. The van der Waals surface area contributed by atoms with Crippen molar-refractivity contribution >= 4 is 17.2 Å². The number of aryl methyl sites for hydroxylation is 3. The average Bonchev–Trinajstić information content (AvgIpc) is 3.04. The molecule has 0 spiro atoms. The van der Waals surface area contributed by atoms with Gasteiger partial charge in [-0.25, -0.2) is 4.52 Å².